The van der Waals surface area contributed by atoms with E-state index in [4.69, 9.17) is 0 Å². The molecule has 2 rings (SSSR count). The van der Waals surface area contributed by atoms with E-state index in [0.717, 1.165) is 25.7 Å². The fourth-order valence-corrected chi connectivity index (χ4v) is 3.76. The predicted molar refractivity (Wildman–Crippen MR) is 85.8 cm³/mol. The third kappa shape index (κ3) is 5.22. The zero-order valence-electron chi connectivity index (χ0n) is 13.7. The SMILES string of the molecule is O=C(CCC1CCCC1)NCC(=O)NC1(C(=O)O)CCCCC1. The smallest absolute Gasteiger partial charge is 0.329 e. The van der Waals surface area contributed by atoms with Gasteiger partial charge in [0.2, 0.25) is 11.8 Å². The Labute approximate surface area is 137 Å². The Kier molecular flexibility index (Phi) is 6.42. The molecule has 2 aliphatic rings. The second kappa shape index (κ2) is 8.31. The van der Waals surface area contributed by atoms with Gasteiger partial charge >= 0.3 is 5.97 Å². The summed E-state index contributed by atoms with van der Waals surface area (Å²) in [5, 5.41) is 14.7. The van der Waals surface area contributed by atoms with E-state index < -0.39 is 17.4 Å². The molecule has 23 heavy (non-hydrogen) atoms. The van der Waals surface area contributed by atoms with Crippen molar-refractivity contribution >= 4 is 17.8 Å². The molecule has 0 aromatic carbocycles. The van der Waals surface area contributed by atoms with Crippen LogP contribution in [0.2, 0.25) is 0 Å². The van der Waals surface area contributed by atoms with E-state index in [0.29, 0.717) is 25.2 Å². The molecule has 6 nitrogen and oxygen atoms in total. The van der Waals surface area contributed by atoms with E-state index in [9.17, 15) is 19.5 Å². The molecule has 0 aliphatic heterocycles. The Balaban J connectivity index is 1.70. The molecule has 6 heteroatoms. The number of amides is 2. The van der Waals surface area contributed by atoms with E-state index in [2.05, 4.69) is 10.6 Å². The zero-order valence-corrected chi connectivity index (χ0v) is 13.7. The second-order valence-electron chi connectivity index (χ2n) is 6.96. The largest absolute Gasteiger partial charge is 0.480 e. The van der Waals surface area contributed by atoms with Gasteiger partial charge in [-0.05, 0) is 25.2 Å². The summed E-state index contributed by atoms with van der Waals surface area (Å²) in [6.07, 6.45) is 9.78. The molecule has 0 heterocycles. The summed E-state index contributed by atoms with van der Waals surface area (Å²) in [5.74, 6) is -0.867. The van der Waals surface area contributed by atoms with E-state index in [-0.39, 0.29) is 12.5 Å². The van der Waals surface area contributed by atoms with Crippen molar-refractivity contribution in [3.8, 4) is 0 Å². The predicted octanol–water partition coefficient (Wildman–Crippen LogP) is 1.98. The van der Waals surface area contributed by atoms with Crippen molar-refractivity contribution in [1.29, 1.82) is 0 Å². The maximum Gasteiger partial charge on any atom is 0.329 e. The molecule has 0 aromatic rings. The van der Waals surface area contributed by atoms with Crippen LogP contribution in [-0.4, -0.2) is 35.0 Å². The van der Waals surface area contributed by atoms with Crippen LogP contribution in [0.1, 0.15) is 70.6 Å². The standard InChI is InChI=1S/C17H28N2O4/c20-14(9-8-13-6-2-3-7-13)18-12-15(21)19-17(16(22)23)10-4-1-5-11-17/h13H,1-12H2,(H,18,20)(H,19,21)(H,22,23). The Bertz CT molecular complexity index is 438. The van der Waals surface area contributed by atoms with E-state index in [1.165, 1.54) is 25.7 Å². The first-order valence-electron chi connectivity index (χ1n) is 8.83. The maximum atomic E-state index is 12.0. The zero-order chi connectivity index (χ0) is 16.7. The van der Waals surface area contributed by atoms with Gasteiger partial charge in [-0.25, -0.2) is 4.79 Å². The van der Waals surface area contributed by atoms with Crippen LogP contribution in [0.5, 0.6) is 0 Å². The molecule has 0 atom stereocenters. The van der Waals surface area contributed by atoms with Gasteiger partial charge in [-0.15, -0.1) is 0 Å². The summed E-state index contributed by atoms with van der Waals surface area (Å²) in [7, 11) is 0. The number of carboxylic acid groups (broad SMARTS) is 1. The molecular formula is C17H28N2O4. The highest BCUT2D eigenvalue weighted by molar-refractivity contribution is 5.90. The third-order valence-corrected chi connectivity index (χ3v) is 5.20. The van der Waals surface area contributed by atoms with Gasteiger partial charge in [-0.2, -0.15) is 0 Å². The number of carboxylic acids is 1. The monoisotopic (exact) mass is 324 g/mol. The van der Waals surface area contributed by atoms with Crippen molar-refractivity contribution in [3.05, 3.63) is 0 Å². The lowest BCUT2D eigenvalue weighted by Crippen LogP contribution is -2.57. The summed E-state index contributed by atoms with van der Waals surface area (Å²) in [4.78, 5) is 35.3. The van der Waals surface area contributed by atoms with Crippen LogP contribution in [-0.2, 0) is 14.4 Å². The molecule has 0 radical (unpaired) electrons. The van der Waals surface area contributed by atoms with Crippen LogP contribution in [0.25, 0.3) is 0 Å². The Hall–Kier alpha value is -1.59. The minimum atomic E-state index is -1.15. The molecule has 2 amide bonds. The highest BCUT2D eigenvalue weighted by Crippen LogP contribution is 2.29. The molecule has 130 valence electrons. The Morgan fingerprint density at radius 1 is 0.957 bits per heavy atom. The number of hydrogen-bond donors (Lipinski definition) is 3. The molecule has 0 aromatic heterocycles. The molecular weight excluding hydrogens is 296 g/mol. The van der Waals surface area contributed by atoms with Crippen LogP contribution in [0.4, 0.5) is 0 Å². The topological polar surface area (TPSA) is 95.5 Å². The lowest BCUT2D eigenvalue weighted by atomic mass is 9.81. The lowest BCUT2D eigenvalue weighted by Gasteiger charge is -2.34. The van der Waals surface area contributed by atoms with E-state index in [1.54, 1.807) is 0 Å². The Morgan fingerprint density at radius 2 is 1.61 bits per heavy atom. The average molecular weight is 324 g/mol. The minimum absolute atomic E-state index is 0.125. The van der Waals surface area contributed by atoms with Crippen LogP contribution in [0.15, 0.2) is 0 Å². The average Bonchev–Trinajstić information content (AvgIpc) is 3.05. The normalized spacial score (nSPS) is 20.9. The van der Waals surface area contributed by atoms with Crippen molar-refractivity contribution in [3.63, 3.8) is 0 Å². The lowest BCUT2D eigenvalue weighted by molar-refractivity contribution is -0.149. The van der Waals surface area contributed by atoms with Gasteiger partial charge in [0, 0.05) is 6.42 Å². The van der Waals surface area contributed by atoms with Crippen molar-refractivity contribution < 1.29 is 19.5 Å². The van der Waals surface area contributed by atoms with Gasteiger partial charge in [0.25, 0.3) is 0 Å². The first kappa shape index (κ1) is 17.8. The number of carbonyl (C=O) groups is 3. The second-order valence-corrected chi connectivity index (χ2v) is 6.96. The minimum Gasteiger partial charge on any atom is -0.480 e. The van der Waals surface area contributed by atoms with E-state index >= 15 is 0 Å². The molecule has 2 saturated carbocycles. The number of aliphatic carboxylic acids is 1. The molecule has 2 fully saturated rings. The number of nitrogens with one attached hydrogen (secondary N) is 2. The fourth-order valence-electron chi connectivity index (χ4n) is 3.76. The van der Waals surface area contributed by atoms with E-state index in [1.807, 2.05) is 0 Å². The van der Waals surface area contributed by atoms with Gasteiger partial charge in [0.15, 0.2) is 0 Å². The summed E-state index contributed by atoms with van der Waals surface area (Å²) < 4.78 is 0. The molecule has 0 saturated heterocycles. The van der Waals surface area contributed by atoms with Crippen molar-refractivity contribution in [2.24, 2.45) is 5.92 Å². The molecule has 2 aliphatic carbocycles. The highest BCUT2D eigenvalue weighted by atomic mass is 16.4. The van der Waals surface area contributed by atoms with Crippen molar-refractivity contribution in [2.45, 2.75) is 76.2 Å². The highest BCUT2D eigenvalue weighted by Gasteiger charge is 2.40. The van der Waals surface area contributed by atoms with Crippen LogP contribution in [0, 0.1) is 5.92 Å². The fraction of sp³-hybridized carbons (Fsp3) is 0.824. The summed E-state index contributed by atoms with van der Waals surface area (Å²) >= 11 is 0. The van der Waals surface area contributed by atoms with Gasteiger partial charge in [0.05, 0.1) is 6.54 Å². The molecule has 0 unspecified atom stereocenters. The van der Waals surface area contributed by atoms with Crippen molar-refractivity contribution in [1.82, 2.24) is 10.6 Å². The first-order valence-corrected chi connectivity index (χ1v) is 8.83. The first-order chi connectivity index (χ1) is 11.0. The van der Waals surface area contributed by atoms with Gasteiger partial charge in [-0.1, -0.05) is 44.9 Å². The van der Waals surface area contributed by atoms with Gasteiger partial charge in [-0.3, -0.25) is 9.59 Å². The quantitative estimate of drug-likeness (QED) is 0.667. The van der Waals surface area contributed by atoms with Crippen LogP contribution >= 0.6 is 0 Å². The summed E-state index contributed by atoms with van der Waals surface area (Å²) in [6, 6.07) is 0. The summed E-state index contributed by atoms with van der Waals surface area (Å²) in [6.45, 7) is -0.140. The molecule has 0 bridgehead atoms. The Morgan fingerprint density at radius 3 is 2.22 bits per heavy atom. The molecule has 0 spiro atoms. The maximum absolute atomic E-state index is 12.0. The summed E-state index contributed by atoms with van der Waals surface area (Å²) in [5.41, 5.74) is -1.15. The number of carbonyl (C=O) groups excluding carboxylic acids is 2. The number of rotatable bonds is 7. The molecule has 3 N–H and O–H groups in total. The van der Waals surface area contributed by atoms with Crippen molar-refractivity contribution in [2.75, 3.05) is 6.54 Å². The number of hydrogen-bond acceptors (Lipinski definition) is 3. The van der Waals surface area contributed by atoms with Crippen LogP contribution < -0.4 is 10.6 Å². The van der Waals surface area contributed by atoms with Gasteiger partial charge in [0.1, 0.15) is 5.54 Å². The van der Waals surface area contributed by atoms with Gasteiger partial charge < -0.3 is 15.7 Å². The third-order valence-electron chi connectivity index (χ3n) is 5.20. The van der Waals surface area contributed by atoms with Crippen LogP contribution in [0.3, 0.4) is 0 Å².